The Kier molecular flexibility index (Phi) is 4.56. The Labute approximate surface area is 164 Å². The van der Waals surface area contributed by atoms with Crippen molar-refractivity contribution in [3.63, 3.8) is 0 Å². The number of nitrogens with one attached hydrogen (secondary N) is 1. The van der Waals surface area contributed by atoms with Gasteiger partial charge in [-0.3, -0.25) is 19.3 Å². The maximum Gasteiger partial charge on any atom is 0.335 e. The van der Waals surface area contributed by atoms with Gasteiger partial charge in [0.25, 0.3) is 0 Å². The summed E-state index contributed by atoms with van der Waals surface area (Å²) < 4.78 is 0. The number of imide groups is 2. The summed E-state index contributed by atoms with van der Waals surface area (Å²) in [5, 5.41) is 2.57. The summed E-state index contributed by atoms with van der Waals surface area (Å²) in [5.74, 6) is -2.27. The lowest BCUT2D eigenvalue weighted by atomic mass is 10.0. The van der Waals surface area contributed by atoms with Crippen LogP contribution in [0.3, 0.4) is 0 Å². The number of fused-ring (bicyclic) bond motifs is 1. The van der Waals surface area contributed by atoms with Crippen LogP contribution in [0.15, 0.2) is 41.9 Å². The fraction of sp³-hybridized carbons (Fsp3) is 0.200. The first kappa shape index (κ1) is 18.1. The fourth-order valence-corrected chi connectivity index (χ4v) is 4.05. The number of aryl methyl sites for hydroxylation is 1. The maximum absolute atomic E-state index is 12.8. The van der Waals surface area contributed by atoms with Gasteiger partial charge in [-0.1, -0.05) is 31.2 Å². The number of H-pyrrole nitrogens is 1. The van der Waals surface area contributed by atoms with Crippen LogP contribution in [0.1, 0.15) is 27.7 Å². The quantitative estimate of drug-likeness (QED) is 0.395. The molecule has 0 spiro atoms. The van der Waals surface area contributed by atoms with Crippen LogP contribution in [0.2, 0.25) is 0 Å². The first-order chi connectivity index (χ1) is 13.5. The molecule has 1 fully saturated rings. The molecule has 142 valence electrons. The number of hydrogen-bond acceptors (Lipinski definition) is 5. The summed E-state index contributed by atoms with van der Waals surface area (Å²) in [5.41, 5.74) is 2.33. The van der Waals surface area contributed by atoms with E-state index < -0.39 is 30.2 Å². The molecular weight excluding hydrogens is 378 g/mol. The van der Waals surface area contributed by atoms with E-state index in [1.54, 1.807) is 18.3 Å². The fourth-order valence-electron chi connectivity index (χ4n) is 3.36. The van der Waals surface area contributed by atoms with Gasteiger partial charge in [-0.05, 0) is 23.4 Å². The van der Waals surface area contributed by atoms with Crippen LogP contribution in [-0.4, -0.2) is 45.0 Å². The number of urea groups is 1. The van der Waals surface area contributed by atoms with Crippen molar-refractivity contribution in [2.45, 2.75) is 19.9 Å². The molecule has 0 aliphatic carbocycles. The number of carbonyl (C=O) groups excluding carboxylic acids is 4. The number of benzene rings is 1. The third-order valence-corrected chi connectivity index (χ3v) is 5.68. The average Bonchev–Trinajstić information content (AvgIpc) is 3.41. The number of rotatable bonds is 6. The van der Waals surface area contributed by atoms with Gasteiger partial charge in [-0.25, -0.2) is 9.69 Å². The highest BCUT2D eigenvalue weighted by Gasteiger charge is 2.45. The van der Waals surface area contributed by atoms with Gasteiger partial charge in [0.05, 0.1) is 13.1 Å². The molecule has 0 radical (unpaired) electrons. The predicted molar refractivity (Wildman–Crippen MR) is 104 cm³/mol. The van der Waals surface area contributed by atoms with Crippen LogP contribution < -0.4 is 0 Å². The Morgan fingerprint density at radius 1 is 1.07 bits per heavy atom. The highest BCUT2D eigenvalue weighted by Crippen LogP contribution is 2.24. The Hall–Kier alpha value is -3.26. The molecule has 0 atom stereocenters. The lowest BCUT2D eigenvalue weighted by Gasteiger charge is -2.14. The zero-order valence-corrected chi connectivity index (χ0v) is 15.9. The molecule has 2 aromatic heterocycles. The van der Waals surface area contributed by atoms with Crippen molar-refractivity contribution in [1.82, 2.24) is 14.8 Å². The predicted octanol–water partition coefficient (Wildman–Crippen LogP) is 2.97. The van der Waals surface area contributed by atoms with Gasteiger partial charge < -0.3 is 4.98 Å². The number of aromatic nitrogens is 1. The number of Topliss-reactive ketones (excluding diaryl/α,β-unsaturated/α-hetero) is 1. The van der Waals surface area contributed by atoms with Gasteiger partial charge >= 0.3 is 17.8 Å². The zero-order valence-electron chi connectivity index (χ0n) is 15.1. The first-order valence-corrected chi connectivity index (χ1v) is 9.71. The summed E-state index contributed by atoms with van der Waals surface area (Å²) in [7, 11) is 0. The minimum atomic E-state index is -0.969. The molecular formula is C20H17N3O4S. The van der Waals surface area contributed by atoms with Crippen LogP contribution in [0.5, 0.6) is 0 Å². The molecule has 1 aliphatic heterocycles. The number of hydrogen-bond donors (Lipinski definition) is 1. The van der Waals surface area contributed by atoms with E-state index in [2.05, 4.69) is 4.98 Å². The first-order valence-electron chi connectivity index (χ1n) is 8.83. The molecule has 7 nitrogen and oxygen atoms in total. The topological polar surface area (TPSA) is 90.6 Å². The van der Waals surface area contributed by atoms with Crippen LogP contribution >= 0.6 is 11.3 Å². The average molecular weight is 395 g/mol. The van der Waals surface area contributed by atoms with Crippen LogP contribution in [-0.2, 0) is 22.6 Å². The second kappa shape index (κ2) is 7.05. The standard InChI is InChI=1S/C20H17N3O4S/c1-2-12-5-3-7-14-15(9-21-17(12)14)16(24)11-23-19(26)18(25)22(20(23)27)10-13-6-4-8-28-13/h3-9,21H,2,10-11H2,1H3. The van der Waals surface area contributed by atoms with Crippen molar-refractivity contribution in [1.29, 1.82) is 0 Å². The van der Waals surface area contributed by atoms with Crippen molar-refractivity contribution in [2.24, 2.45) is 0 Å². The van der Waals surface area contributed by atoms with Gasteiger partial charge in [0.1, 0.15) is 0 Å². The number of aromatic amines is 1. The number of carbonyl (C=O) groups is 4. The SMILES string of the molecule is CCc1cccc2c(C(=O)CN3C(=O)C(=O)N(Cc4cccs4)C3=O)c[nH]c12. The number of thiophene rings is 1. The van der Waals surface area contributed by atoms with E-state index in [1.165, 1.54) is 11.3 Å². The summed E-state index contributed by atoms with van der Waals surface area (Å²) in [6.07, 6.45) is 2.39. The molecule has 0 unspecified atom stereocenters. The Bertz CT molecular complexity index is 1100. The largest absolute Gasteiger partial charge is 0.360 e. The van der Waals surface area contributed by atoms with E-state index >= 15 is 0 Å². The Balaban J connectivity index is 1.57. The molecule has 1 aliphatic rings. The summed E-state index contributed by atoms with van der Waals surface area (Å²) in [4.78, 5) is 55.4. The number of amides is 4. The van der Waals surface area contributed by atoms with Crippen molar-refractivity contribution in [3.8, 4) is 0 Å². The minimum Gasteiger partial charge on any atom is -0.360 e. The van der Waals surface area contributed by atoms with E-state index in [0.29, 0.717) is 5.56 Å². The van der Waals surface area contributed by atoms with Crippen LogP contribution in [0, 0.1) is 0 Å². The molecule has 0 saturated carbocycles. The molecule has 4 rings (SSSR count). The van der Waals surface area contributed by atoms with Gasteiger partial charge in [-0.2, -0.15) is 0 Å². The normalized spacial score (nSPS) is 14.5. The second-order valence-electron chi connectivity index (χ2n) is 6.46. The molecule has 28 heavy (non-hydrogen) atoms. The Morgan fingerprint density at radius 2 is 1.86 bits per heavy atom. The lowest BCUT2D eigenvalue weighted by Crippen LogP contribution is -2.36. The van der Waals surface area contributed by atoms with E-state index in [9.17, 15) is 19.2 Å². The van der Waals surface area contributed by atoms with Crippen molar-refractivity contribution < 1.29 is 19.2 Å². The molecule has 3 heterocycles. The highest BCUT2D eigenvalue weighted by atomic mass is 32.1. The third kappa shape index (κ3) is 2.91. The molecule has 1 saturated heterocycles. The molecule has 0 bridgehead atoms. The van der Waals surface area contributed by atoms with E-state index in [4.69, 9.17) is 0 Å². The van der Waals surface area contributed by atoms with E-state index in [-0.39, 0.29) is 6.54 Å². The van der Waals surface area contributed by atoms with E-state index in [0.717, 1.165) is 37.6 Å². The molecule has 1 aromatic carbocycles. The van der Waals surface area contributed by atoms with Gasteiger partial charge in [0.15, 0.2) is 5.78 Å². The van der Waals surface area contributed by atoms with Crippen LogP contribution in [0.4, 0.5) is 4.79 Å². The monoisotopic (exact) mass is 395 g/mol. The molecule has 1 N–H and O–H groups in total. The molecule has 4 amide bonds. The smallest absolute Gasteiger partial charge is 0.335 e. The zero-order chi connectivity index (χ0) is 19.8. The van der Waals surface area contributed by atoms with Crippen molar-refractivity contribution >= 4 is 45.9 Å². The molecule has 3 aromatic rings. The van der Waals surface area contributed by atoms with Crippen molar-refractivity contribution in [3.05, 3.63) is 57.9 Å². The summed E-state index contributed by atoms with van der Waals surface area (Å²) in [6.45, 7) is 1.58. The summed E-state index contributed by atoms with van der Waals surface area (Å²) in [6, 6.07) is 8.48. The van der Waals surface area contributed by atoms with Crippen molar-refractivity contribution in [2.75, 3.05) is 6.54 Å². The number of para-hydroxylation sites is 1. The van der Waals surface area contributed by atoms with Gasteiger partial charge in [-0.15, -0.1) is 11.3 Å². The van der Waals surface area contributed by atoms with Gasteiger partial charge in [0, 0.05) is 27.5 Å². The number of ketones is 1. The second-order valence-corrected chi connectivity index (χ2v) is 7.50. The number of nitrogens with zero attached hydrogens (tertiary/aromatic N) is 2. The Morgan fingerprint density at radius 3 is 2.57 bits per heavy atom. The molecule has 8 heteroatoms. The van der Waals surface area contributed by atoms with E-state index in [1.807, 2.05) is 30.5 Å². The summed E-state index contributed by atoms with van der Waals surface area (Å²) >= 11 is 1.39. The van der Waals surface area contributed by atoms with Crippen LogP contribution in [0.25, 0.3) is 10.9 Å². The minimum absolute atomic E-state index is 0.0265. The highest BCUT2D eigenvalue weighted by molar-refractivity contribution is 7.09. The third-order valence-electron chi connectivity index (χ3n) is 4.81. The lowest BCUT2D eigenvalue weighted by molar-refractivity contribution is -0.143. The maximum atomic E-state index is 12.8. The van der Waals surface area contributed by atoms with Gasteiger partial charge in [0.2, 0.25) is 0 Å².